The Balaban J connectivity index is 1.90. The van der Waals surface area contributed by atoms with Crippen molar-refractivity contribution < 1.29 is 13.2 Å². The van der Waals surface area contributed by atoms with Gasteiger partial charge in [-0.15, -0.1) is 0 Å². The van der Waals surface area contributed by atoms with Gasteiger partial charge in [0, 0.05) is 18.7 Å². The highest BCUT2D eigenvalue weighted by Gasteiger charge is 2.17. The number of carbonyl (C=O) groups is 1. The molecule has 0 saturated carbocycles. The van der Waals surface area contributed by atoms with Gasteiger partial charge in [-0.25, -0.2) is 13.1 Å². The second kappa shape index (κ2) is 8.01. The number of aryl methyl sites for hydroxylation is 1. The van der Waals surface area contributed by atoms with Crippen LogP contribution >= 0.6 is 0 Å². The summed E-state index contributed by atoms with van der Waals surface area (Å²) in [4.78, 5) is 12.3. The van der Waals surface area contributed by atoms with E-state index in [4.69, 9.17) is 0 Å². The number of rotatable bonds is 6. The summed E-state index contributed by atoms with van der Waals surface area (Å²) < 4.78 is 27.2. The number of sulfonamides is 1. The van der Waals surface area contributed by atoms with E-state index in [9.17, 15) is 13.2 Å². The van der Waals surface area contributed by atoms with Crippen LogP contribution in [-0.2, 0) is 15.4 Å². The maximum absolute atomic E-state index is 12.3. The van der Waals surface area contributed by atoms with Crippen molar-refractivity contribution in [3.8, 4) is 0 Å². The summed E-state index contributed by atoms with van der Waals surface area (Å²) in [6, 6.07) is 14.1. The third-order valence-electron chi connectivity index (χ3n) is 4.12. The van der Waals surface area contributed by atoms with Crippen LogP contribution in [0.5, 0.6) is 0 Å². The second-order valence-electron chi connectivity index (χ2n) is 7.24. The van der Waals surface area contributed by atoms with E-state index in [-0.39, 0.29) is 29.3 Å². The van der Waals surface area contributed by atoms with E-state index in [0.717, 1.165) is 11.1 Å². The fourth-order valence-corrected chi connectivity index (χ4v) is 3.53. The molecule has 0 aliphatic carbocycles. The average Bonchev–Trinajstić information content (AvgIpc) is 2.58. The van der Waals surface area contributed by atoms with Gasteiger partial charge in [-0.2, -0.15) is 0 Å². The molecule has 0 aromatic heterocycles. The van der Waals surface area contributed by atoms with Gasteiger partial charge in [-0.05, 0) is 41.7 Å². The fraction of sp³-hybridized carbons (Fsp3) is 0.350. The summed E-state index contributed by atoms with van der Waals surface area (Å²) in [5, 5.41) is 2.73. The molecule has 0 aliphatic rings. The normalized spacial score (nSPS) is 12.0. The molecule has 26 heavy (non-hydrogen) atoms. The molecule has 0 bridgehead atoms. The topological polar surface area (TPSA) is 75.3 Å². The Morgan fingerprint density at radius 1 is 0.962 bits per heavy atom. The van der Waals surface area contributed by atoms with Gasteiger partial charge in [0.25, 0.3) is 5.91 Å². The standard InChI is InChI=1S/C20H26N2O3S/c1-15-7-5-6-8-18(15)19(23)21-13-14-22-26(24,25)17-11-9-16(10-12-17)20(2,3)4/h5-12,22H,13-14H2,1-4H3,(H,21,23). The minimum absolute atomic E-state index is 0.0322. The molecule has 5 nitrogen and oxygen atoms in total. The highest BCUT2D eigenvalue weighted by atomic mass is 32.2. The zero-order valence-electron chi connectivity index (χ0n) is 15.7. The van der Waals surface area contributed by atoms with Crippen LogP contribution < -0.4 is 10.0 Å². The van der Waals surface area contributed by atoms with Crippen molar-refractivity contribution in [1.29, 1.82) is 0 Å². The Morgan fingerprint density at radius 2 is 1.58 bits per heavy atom. The molecule has 2 aromatic rings. The molecule has 0 fully saturated rings. The molecular weight excluding hydrogens is 348 g/mol. The lowest BCUT2D eigenvalue weighted by Crippen LogP contribution is -2.35. The van der Waals surface area contributed by atoms with Crippen LogP contribution in [0.2, 0.25) is 0 Å². The first-order valence-electron chi connectivity index (χ1n) is 8.55. The molecule has 0 aliphatic heterocycles. The molecule has 140 valence electrons. The second-order valence-corrected chi connectivity index (χ2v) is 9.01. The highest BCUT2D eigenvalue weighted by molar-refractivity contribution is 7.89. The Morgan fingerprint density at radius 3 is 2.15 bits per heavy atom. The Hall–Kier alpha value is -2.18. The summed E-state index contributed by atoms with van der Waals surface area (Å²) in [5.41, 5.74) is 2.51. The van der Waals surface area contributed by atoms with Crippen LogP contribution in [0.3, 0.4) is 0 Å². The van der Waals surface area contributed by atoms with E-state index in [1.165, 1.54) is 0 Å². The molecule has 0 heterocycles. The number of hydrogen-bond acceptors (Lipinski definition) is 3. The van der Waals surface area contributed by atoms with Crippen molar-refractivity contribution in [2.75, 3.05) is 13.1 Å². The maximum atomic E-state index is 12.3. The van der Waals surface area contributed by atoms with E-state index in [0.29, 0.717) is 5.56 Å². The molecular formula is C20H26N2O3S. The quantitative estimate of drug-likeness (QED) is 0.763. The SMILES string of the molecule is Cc1ccccc1C(=O)NCCNS(=O)(=O)c1ccc(C(C)(C)C)cc1. The molecule has 0 radical (unpaired) electrons. The van der Waals surface area contributed by atoms with Gasteiger partial charge in [-0.1, -0.05) is 51.1 Å². The maximum Gasteiger partial charge on any atom is 0.251 e. The van der Waals surface area contributed by atoms with E-state index in [1.807, 2.05) is 31.2 Å². The van der Waals surface area contributed by atoms with Crippen LogP contribution in [0, 0.1) is 6.92 Å². The highest BCUT2D eigenvalue weighted by Crippen LogP contribution is 2.23. The first-order valence-corrected chi connectivity index (χ1v) is 10.0. The largest absolute Gasteiger partial charge is 0.351 e. The van der Waals surface area contributed by atoms with Crippen molar-refractivity contribution in [3.05, 3.63) is 65.2 Å². The van der Waals surface area contributed by atoms with Crippen molar-refractivity contribution in [1.82, 2.24) is 10.0 Å². The van der Waals surface area contributed by atoms with E-state index in [2.05, 4.69) is 30.8 Å². The van der Waals surface area contributed by atoms with Crippen molar-refractivity contribution in [2.24, 2.45) is 0 Å². The van der Waals surface area contributed by atoms with Gasteiger partial charge in [0.05, 0.1) is 4.90 Å². The van der Waals surface area contributed by atoms with Gasteiger partial charge in [0.2, 0.25) is 10.0 Å². The molecule has 0 atom stereocenters. The average molecular weight is 375 g/mol. The lowest BCUT2D eigenvalue weighted by molar-refractivity contribution is 0.0953. The Labute approximate surface area is 155 Å². The number of hydrogen-bond donors (Lipinski definition) is 2. The Kier molecular flexibility index (Phi) is 6.21. The number of amides is 1. The predicted molar refractivity (Wildman–Crippen MR) is 104 cm³/mol. The summed E-state index contributed by atoms with van der Waals surface area (Å²) in [7, 11) is -3.59. The van der Waals surface area contributed by atoms with Crippen LogP contribution in [0.4, 0.5) is 0 Å². The molecule has 0 unspecified atom stereocenters. The lowest BCUT2D eigenvalue weighted by Gasteiger charge is -2.19. The van der Waals surface area contributed by atoms with Crippen LogP contribution in [0.15, 0.2) is 53.4 Å². The van der Waals surface area contributed by atoms with Crippen molar-refractivity contribution in [2.45, 2.75) is 38.0 Å². The molecule has 0 spiro atoms. The smallest absolute Gasteiger partial charge is 0.251 e. The zero-order chi connectivity index (χ0) is 19.4. The van der Waals surface area contributed by atoms with Crippen molar-refractivity contribution >= 4 is 15.9 Å². The summed E-state index contributed by atoms with van der Waals surface area (Å²) in [5.74, 6) is -0.211. The van der Waals surface area contributed by atoms with Gasteiger partial charge < -0.3 is 5.32 Å². The van der Waals surface area contributed by atoms with Crippen molar-refractivity contribution in [3.63, 3.8) is 0 Å². The molecule has 0 saturated heterocycles. The summed E-state index contributed by atoms with van der Waals surface area (Å²) >= 11 is 0. The fourth-order valence-electron chi connectivity index (χ4n) is 2.50. The zero-order valence-corrected chi connectivity index (χ0v) is 16.5. The van der Waals surface area contributed by atoms with Gasteiger partial charge >= 0.3 is 0 Å². The predicted octanol–water partition coefficient (Wildman–Crippen LogP) is 3.00. The van der Waals surface area contributed by atoms with Crippen LogP contribution in [0.1, 0.15) is 42.3 Å². The molecule has 6 heteroatoms. The third-order valence-corrected chi connectivity index (χ3v) is 5.60. The van der Waals surface area contributed by atoms with Crippen LogP contribution in [0.25, 0.3) is 0 Å². The van der Waals surface area contributed by atoms with E-state index < -0.39 is 10.0 Å². The number of nitrogens with one attached hydrogen (secondary N) is 2. The first kappa shape index (κ1) is 20.1. The van der Waals surface area contributed by atoms with Crippen LogP contribution in [-0.4, -0.2) is 27.4 Å². The van der Waals surface area contributed by atoms with Gasteiger partial charge in [0.1, 0.15) is 0 Å². The van der Waals surface area contributed by atoms with E-state index in [1.54, 1.807) is 24.3 Å². The lowest BCUT2D eigenvalue weighted by atomic mass is 9.87. The summed E-state index contributed by atoms with van der Waals surface area (Å²) in [6.07, 6.45) is 0. The number of benzene rings is 2. The first-order chi connectivity index (χ1) is 12.1. The summed E-state index contributed by atoms with van der Waals surface area (Å²) in [6.45, 7) is 8.43. The molecule has 2 rings (SSSR count). The van der Waals surface area contributed by atoms with Gasteiger partial charge in [0.15, 0.2) is 0 Å². The minimum Gasteiger partial charge on any atom is -0.351 e. The molecule has 1 amide bonds. The minimum atomic E-state index is -3.59. The van der Waals surface area contributed by atoms with E-state index >= 15 is 0 Å². The van der Waals surface area contributed by atoms with Gasteiger partial charge in [-0.3, -0.25) is 4.79 Å². The Bertz CT molecular complexity index is 867. The monoisotopic (exact) mass is 374 g/mol. The number of carbonyl (C=O) groups excluding carboxylic acids is 1. The molecule has 2 N–H and O–H groups in total. The molecule has 2 aromatic carbocycles. The third kappa shape index (κ3) is 5.16.